The van der Waals surface area contributed by atoms with Crippen LogP contribution in [-0.4, -0.2) is 58.1 Å². The Morgan fingerprint density at radius 1 is 0.806 bits per heavy atom. The van der Waals surface area contributed by atoms with Crippen molar-refractivity contribution < 1.29 is 9.47 Å². The van der Waals surface area contributed by atoms with E-state index in [0.29, 0.717) is 17.5 Å². The van der Waals surface area contributed by atoms with Crippen molar-refractivity contribution in [1.29, 1.82) is 0 Å². The summed E-state index contributed by atoms with van der Waals surface area (Å²) in [6.07, 6.45) is 0. The normalized spacial score (nSPS) is 14.1. The first kappa shape index (κ1) is 25.9. The Bertz CT molecular complexity index is 729. The zero-order chi connectivity index (χ0) is 22.5. The Labute approximate surface area is 196 Å². The van der Waals surface area contributed by atoms with Crippen LogP contribution in [0, 0.1) is 0 Å². The molecule has 0 amide bonds. The van der Waals surface area contributed by atoms with E-state index < -0.39 is 0 Å². The molecule has 5 nitrogen and oxygen atoms in total. The first-order valence-electron chi connectivity index (χ1n) is 10.6. The number of thioether (sulfide) groups is 2. The molecule has 2 aromatic carbocycles. The summed E-state index contributed by atoms with van der Waals surface area (Å²) in [5, 5.41) is 10.9. The summed E-state index contributed by atoms with van der Waals surface area (Å²) >= 11 is 3.88. The van der Waals surface area contributed by atoms with E-state index in [2.05, 4.69) is 47.1 Å². The van der Waals surface area contributed by atoms with E-state index in [1.807, 2.05) is 61.9 Å². The first-order valence-corrected chi connectivity index (χ1v) is 12.8. The third kappa shape index (κ3) is 9.33. The molecule has 0 aromatic heterocycles. The second-order valence-corrected chi connectivity index (χ2v) is 9.57. The Hall–Kier alpha value is -1.38. The second kappa shape index (κ2) is 14.6. The van der Waals surface area contributed by atoms with Crippen LogP contribution in [0.1, 0.15) is 18.1 Å². The highest BCUT2D eigenvalue weighted by atomic mass is 32.2. The molecule has 3 N–H and O–H groups in total. The Morgan fingerprint density at radius 3 is 1.84 bits per heavy atom. The number of rotatable bonds is 15. The minimum Gasteiger partial charge on any atom is -0.497 e. The predicted octanol–water partition coefficient (Wildman–Crippen LogP) is 3.98. The van der Waals surface area contributed by atoms with Gasteiger partial charge in [0.15, 0.2) is 0 Å². The van der Waals surface area contributed by atoms with E-state index in [4.69, 9.17) is 9.47 Å². The Balaban J connectivity index is 1.71. The zero-order valence-corrected chi connectivity index (χ0v) is 20.9. The fourth-order valence-corrected chi connectivity index (χ4v) is 5.34. The van der Waals surface area contributed by atoms with Gasteiger partial charge in [-0.3, -0.25) is 0 Å². The third-order valence-corrected chi connectivity index (χ3v) is 7.85. The quantitative estimate of drug-likeness (QED) is 0.345. The Morgan fingerprint density at radius 2 is 1.35 bits per heavy atom. The average Bonchev–Trinajstić information content (AvgIpc) is 2.82. The molecule has 2 unspecified atom stereocenters. The van der Waals surface area contributed by atoms with Gasteiger partial charge in [0.1, 0.15) is 11.5 Å². The highest BCUT2D eigenvalue weighted by Crippen LogP contribution is 2.21. The summed E-state index contributed by atoms with van der Waals surface area (Å²) in [7, 11) is 7.47. The van der Waals surface area contributed by atoms with Gasteiger partial charge in [-0.15, -0.1) is 11.8 Å². The van der Waals surface area contributed by atoms with E-state index in [0.717, 1.165) is 35.3 Å². The highest BCUT2D eigenvalue weighted by molar-refractivity contribution is 7.99. The van der Waals surface area contributed by atoms with Crippen LogP contribution in [0.5, 0.6) is 11.5 Å². The monoisotopic (exact) mass is 463 g/mol. The number of likely N-dealkylation sites (N-methyl/N-ethyl adjacent to an activating group) is 2. The molecular weight excluding hydrogens is 426 g/mol. The van der Waals surface area contributed by atoms with Gasteiger partial charge in [-0.05, 0) is 56.4 Å². The van der Waals surface area contributed by atoms with E-state index >= 15 is 0 Å². The minimum absolute atomic E-state index is 0.339. The van der Waals surface area contributed by atoms with Gasteiger partial charge in [-0.25, -0.2) is 0 Å². The van der Waals surface area contributed by atoms with E-state index in [1.165, 1.54) is 11.1 Å². The summed E-state index contributed by atoms with van der Waals surface area (Å²) in [4.78, 5) is 0. The number of ether oxygens (including phenoxy) is 2. The molecule has 7 heteroatoms. The van der Waals surface area contributed by atoms with Crippen molar-refractivity contribution in [3.05, 3.63) is 59.7 Å². The molecule has 0 aliphatic heterocycles. The summed E-state index contributed by atoms with van der Waals surface area (Å²) < 4.78 is 10.5. The van der Waals surface area contributed by atoms with Crippen molar-refractivity contribution in [2.75, 3.05) is 40.6 Å². The summed E-state index contributed by atoms with van der Waals surface area (Å²) in [5.74, 6) is 4.84. The van der Waals surface area contributed by atoms with Gasteiger partial charge in [0.25, 0.3) is 0 Å². The van der Waals surface area contributed by atoms with Crippen molar-refractivity contribution in [2.45, 2.75) is 35.9 Å². The fraction of sp³-hybridized carbons (Fsp3) is 0.500. The lowest BCUT2D eigenvalue weighted by Crippen LogP contribution is -2.48. The summed E-state index contributed by atoms with van der Waals surface area (Å²) in [5.41, 5.74) is 2.63. The molecule has 0 saturated heterocycles. The maximum atomic E-state index is 5.24. The molecule has 0 bridgehead atoms. The van der Waals surface area contributed by atoms with Crippen molar-refractivity contribution in [2.24, 2.45) is 0 Å². The van der Waals surface area contributed by atoms with Gasteiger partial charge in [-0.1, -0.05) is 24.3 Å². The fourth-order valence-electron chi connectivity index (χ4n) is 3.11. The molecule has 31 heavy (non-hydrogen) atoms. The van der Waals surface area contributed by atoms with Crippen LogP contribution in [0.2, 0.25) is 0 Å². The molecule has 3 atom stereocenters. The van der Waals surface area contributed by atoms with Gasteiger partial charge in [0.2, 0.25) is 0 Å². The molecule has 0 aliphatic rings. The molecule has 2 rings (SSSR count). The molecule has 0 spiro atoms. The molecule has 0 aliphatic carbocycles. The van der Waals surface area contributed by atoms with Gasteiger partial charge in [0, 0.05) is 35.9 Å². The van der Waals surface area contributed by atoms with Crippen LogP contribution < -0.4 is 25.4 Å². The number of hydrogen-bond donors (Lipinski definition) is 3. The number of methoxy groups -OCH3 is 2. The molecule has 0 heterocycles. The average molecular weight is 464 g/mol. The molecule has 0 fully saturated rings. The van der Waals surface area contributed by atoms with Crippen LogP contribution in [0.3, 0.4) is 0 Å². The number of nitrogens with one attached hydrogen (secondary N) is 3. The smallest absolute Gasteiger partial charge is 0.118 e. The van der Waals surface area contributed by atoms with Crippen LogP contribution in [-0.2, 0) is 11.5 Å². The molecule has 0 radical (unpaired) electrons. The van der Waals surface area contributed by atoms with Crippen molar-refractivity contribution in [1.82, 2.24) is 16.0 Å². The highest BCUT2D eigenvalue weighted by Gasteiger charge is 2.17. The molecular formula is C24H37N3O2S2. The van der Waals surface area contributed by atoms with Crippen LogP contribution in [0.4, 0.5) is 0 Å². The lowest BCUT2D eigenvalue weighted by atomic mass is 10.2. The largest absolute Gasteiger partial charge is 0.497 e. The molecule has 172 valence electrons. The van der Waals surface area contributed by atoms with Crippen molar-refractivity contribution in [3.8, 4) is 11.5 Å². The van der Waals surface area contributed by atoms with Crippen LogP contribution in [0.15, 0.2) is 48.5 Å². The van der Waals surface area contributed by atoms with Crippen molar-refractivity contribution in [3.63, 3.8) is 0 Å². The van der Waals surface area contributed by atoms with Crippen LogP contribution in [0.25, 0.3) is 0 Å². The standard InChI is InChI=1S/C24H37N3O2S2/c1-18(24(26-3)31-16-20-8-12-23(29-5)13-9-20)27-14-21(25-2)17-30-15-19-6-10-22(28-4)11-7-19/h6-13,18,21,24-27H,14-17H2,1-5H3/t18?,21-,24?/m1/s1. The maximum Gasteiger partial charge on any atom is 0.118 e. The van der Waals surface area contributed by atoms with Gasteiger partial charge >= 0.3 is 0 Å². The molecule has 0 saturated carbocycles. The number of hydrogen-bond acceptors (Lipinski definition) is 7. The lowest BCUT2D eigenvalue weighted by Gasteiger charge is -2.26. The lowest BCUT2D eigenvalue weighted by molar-refractivity contribution is 0.414. The predicted molar refractivity (Wildman–Crippen MR) is 137 cm³/mol. The van der Waals surface area contributed by atoms with Crippen LogP contribution >= 0.6 is 23.5 Å². The van der Waals surface area contributed by atoms with Gasteiger partial charge in [-0.2, -0.15) is 11.8 Å². The SMILES string of the molecule is CNC(SCc1ccc(OC)cc1)C(C)NC[C@H](CSCc1ccc(OC)cc1)NC. The second-order valence-electron chi connectivity index (χ2n) is 7.41. The molecule has 2 aromatic rings. The van der Waals surface area contributed by atoms with E-state index in [-0.39, 0.29) is 0 Å². The summed E-state index contributed by atoms with van der Waals surface area (Å²) in [6.45, 7) is 3.19. The minimum atomic E-state index is 0.339. The third-order valence-electron chi connectivity index (χ3n) is 5.17. The van der Waals surface area contributed by atoms with E-state index in [9.17, 15) is 0 Å². The first-order chi connectivity index (χ1) is 15.1. The van der Waals surface area contributed by atoms with Crippen molar-refractivity contribution >= 4 is 23.5 Å². The maximum absolute atomic E-state index is 5.24. The Kier molecular flexibility index (Phi) is 12.2. The van der Waals surface area contributed by atoms with Gasteiger partial charge in [0.05, 0.1) is 19.6 Å². The van der Waals surface area contributed by atoms with E-state index in [1.54, 1.807) is 14.2 Å². The summed E-state index contributed by atoms with van der Waals surface area (Å²) in [6, 6.07) is 17.4. The topological polar surface area (TPSA) is 54.5 Å². The van der Waals surface area contributed by atoms with Gasteiger partial charge < -0.3 is 25.4 Å². The number of benzene rings is 2. The zero-order valence-electron chi connectivity index (χ0n) is 19.3.